The van der Waals surface area contributed by atoms with Gasteiger partial charge in [-0.25, -0.2) is 0 Å². The van der Waals surface area contributed by atoms with Crippen molar-refractivity contribution < 1.29 is 4.79 Å². The fourth-order valence-corrected chi connectivity index (χ4v) is 3.77. The van der Waals surface area contributed by atoms with Crippen molar-refractivity contribution in [2.24, 2.45) is 5.73 Å². The Morgan fingerprint density at radius 3 is 2.28 bits per heavy atom. The van der Waals surface area contributed by atoms with Crippen molar-refractivity contribution in [3.05, 3.63) is 34.9 Å². The Morgan fingerprint density at radius 1 is 1.16 bits per heavy atom. The van der Waals surface area contributed by atoms with Crippen LogP contribution < -0.4 is 11.1 Å². The molecular weight excluding hydrogens is 381 g/mol. The van der Waals surface area contributed by atoms with Crippen LogP contribution in [0.5, 0.6) is 0 Å². The first-order valence-corrected chi connectivity index (χ1v) is 9.00. The first-order chi connectivity index (χ1) is 11.0. The maximum absolute atomic E-state index is 12.4. The number of carbonyl (C=O) groups is 1. The molecule has 1 saturated carbocycles. The van der Waals surface area contributed by atoms with E-state index in [1.807, 2.05) is 12.1 Å². The van der Waals surface area contributed by atoms with Gasteiger partial charge in [0.1, 0.15) is 0 Å². The summed E-state index contributed by atoms with van der Waals surface area (Å²) in [6, 6.07) is 8.30. The maximum atomic E-state index is 12.4. The van der Waals surface area contributed by atoms with Crippen LogP contribution in [0.25, 0.3) is 0 Å². The van der Waals surface area contributed by atoms with Crippen LogP contribution in [0.1, 0.15) is 44.1 Å². The molecule has 4 nitrogen and oxygen atoms in total. The van der Waals surface area contributed by atoms with Crippen LogP contribution in [-0.2, 0) is 11.3 Å². The van der Waals surface area contributed by atoms with Gasteiger partial charge in [-0.3, -0.25) is 9.69 Å². The monoisotopic (exact) mass is 407 g/mol. The summed E-state index contributed by atoms with van der Waals surface area (Å²) < 4.78 is 0. The van der Waals surface area contributed by atoms with E-state index in [1.54, 1.807) is 0 Å². The largest absolute Gasteiger partial charge is 0.352 e. The quantitative estimate of drug-likeness (QED) is 0.801. The summed E-state index contributed by atoms with van der Waals surface area (Å²) in [4.78, 5) is 14.8. The molecule has 3 rings (SSSR count). The van der Waals surface area contributed by atoms with E-state index in [2.05, 4.69) is 22.3 Å². The predicted octanol–water partition coefficient (Wildman–Crippen LogP) is 3.54. The first-order valence-electron chi connectivity index (χ1n) is 8.62. The third-order valence-corrected chi connectivity index (χ3v) is 5.44. The highest BCUT2D eigenvalue weighted by Gasteiger charge is 2.38. The Balaban J connectivity index is 0.00000156. The zero-order valence-corrected chi connectivity index (χ0v) is 16.8. The van der Waals surface area contributed by atoms with E-state index in [-0.39, 0.29) is 36.8 Å². The van der Waals surface area contributed by atoms with E-state index < -0.39 is 5.54 Å². The molecule has 1 amide bonds. The van der Waals surface area contributed by atoms with Crippen molar-refractivity contribution in [1.82, 2.24) is 10.2 Å². The van der Waals surface area contributed by atoms with Crippen molar-refractivity contribution in [2.75, 3.05) is 13.1 Å². The van der Waals surface area contributed by atoms with E-state index in [0.29, 0.717) is 0 Å². The first kappa shape index (κ1) is 22.5. The third kappa shape index (κ3) is 6.00. The molecule has 1 aromatic rings. The molecule has 0 aromatic heterocycles. The van der Waals surface area contributed by atoms with E-state index in [4.69, 9.17) is 17.3 Å². The van der Waals surface area contributed by atoms with E-state index in [9.17, 15) is 4.79 Å². The number of nitrogens with zero attached hydrogens (tertiary/aromatic N) is 1. The normalized spacial score (nSPS) is 20.4. The Labute approximate surface area is 167 Å². The molecule has 0 unspecified atom stereocenters. The molecule has 2 aliphatic rings. The van der Waals surface area contributed by atoms with Crippen molar-refractivity contribution in [2.45, 2.75) is 56.7 Å². The molecule has 1 aliphatic heterocycles. The summed E-state index contributed by atoms with van der Waals surface area (Å²) in [5.74, 6) is 0.0613. The molecule has 7 heteroatoms. The molecular formula is C18H28Cl3N3O. The highest BCUT2D eigenvalue weighted by atomic mass is 35.5. The van der Waals surface area contributed by atoms with Gasteiger partial charge in [0.25, 0.3) is 0 Å². The van der Waals surface area contributed by atoms with Gasteiger partial charge in [-0.1, -0.05) is 36.6 Å². The molecule has 0 bridgehead atoms. The van der Waals surface area contributed by atoms with Crippen LogP contribution >= 0.6 is 36.4 Å². The number of hydrogen-bond acceptors (Lipinski definition) is 3. The van der Waals surface area contributed by atoms with Gasteiger partial charge in [-0.05, 0) is 43.4 Å². The van der Waals surface area contributed by atoms with E-state index >= 15 is 0 Å². The number of likely N-dealkylation sites (tertiary alicyclic amines) is 1. The van der Waals surface area contributed by atoms with Crippen molar-refractivity contribution >= 4 is 42.3 Å². The molecule has 25 heavy (non-hydrogen) atoms. The number of nitrogens with one attached hydrogen (secondary N) is 1. The Hall–Kier alpha value is -0.520. The van der Waals surface area contributed by atoms with Gasteiger partial charge in [-0.15, -0.1) is 24.8 Å². The second-order valence-corrected chi connectivity index (χ2v) is 7.45. The average Bonchev–Trinajstić information content (AvgIpc) is 3.00. The topological polar surface area (TPSA) is 58.4 Å². The van der Waals surface area contributed by atoms with Crippen molar-refractivity contribution in [3.8, 4) is 0 Å². The SMILES string of the molecule is Cl.Cl.NC1(C(=O)NC2CCN(Cc3ccc(Cl)cc3)CC2)CCCC1. The van der Waals surface area contributed by atoms with E-state index in [1.165, 1.54) is 5.56 Å². The lowest BCUT2D eigenvalue weighted by Crippen LogP contribution is -2.56. The second kappa shape index (κ2) is 9.98. The number of nitrogens with two attached hydrogens (primary N) is 1. The van der Waals surface area contributed by atoms with Crippen LogP contribution in [0.3, 0.4) is 0 Å². The number of rotatable bonds is 4. The van der Waals surface area contributed by atoms with Crippen LogP contribution in [0.2, 0.25) is 5.02 Å². The highest BCUT2D eigenvalue weighted by molar-refractivity contribution is 6.30. The second-order valence-electron chi connectivity index (χ2n) is 7.01. The smallest absolute Gasteiger partial charge is 0.240 e. The summed E-state index contributed by atoms with van der Waals surface area (Å²) in [6.45, 7) is 2.95. The number of hydrogen-bond donors (Lipinski definition) is 2. The number of carbonyl (C=O) groups excluding carboxylic acids is 1. The molecule has 1 aliphatic carbocycles. The standard InChI is InChI=1S/C18H26ClN3O.2ClH/c19-15-5-3-14(4-6-15)13-22-11-7-16(8-12-22)21-17(23)18(20)9-1-2-10-18;;/h3-6,16H,1-2,7-13,20H2,(H,21,23);2*1H. The highest BCUT2D eigenvalue weighted by Crippen LogP contribution is 2.27. The predicted molar refractivity (Wildman–Crippen MR) is 108 cm³/mol. The summed E-state index contributed by atoms with van der Waals surface area (Å²) >= 11 is 5.92. The average molecular weight is 409 g/mol. The number of piperidine rings is 1. The molecule has 1 saturated heterocycles. The minimum atomic E-state index is -0.611. The zero-order chi connectivity index (χ0) is 16.3. The van der Waals surface area contributed by atoms with Crippen LogP contribution in [0.15, 0.2) is 24.3 Å². The Kier molecular flexibility index (Phi) is 8.99. The van der Waals surface area contributed by atoms with Gasteiger partial charge in [0.15, 0.2) is 0 Å². The molecule has 142 valence electrons. The Bertz CT molecular complexity index is 539. The van der Waals surface area contributed by atoms with Crippen LogP contribution in [0, 0.1) is 0 Å². The number of halogens is 3. The van der Waals surface area contributed by atoms with Gasteiger partial charge in [0.2, 0.25) is 5.91 Å². The molecule has 1 aromatic carbocycles. The lowest BCUT2D eigenvalue weighted by Gasteiger charge is -2.34. The lowest BCUT2D eigenvalue weighted by molar-refractivity contribution is -0.127. The van der Waals surface area contributed by atoms with Gasteiger partial charge in [-0.2, -0.15) is 0 Å². The van der Waals surface area contributed by atoms with Gasteiger partial charge >= 0.3 is 0 Å². The summed E-state index contributed by atoms with van der Waals surface area (Å²) in [5, 5.41) is 3.96. The number of benzene rings is 1. The number of amides is 1. The molecule has 3 N–H and O–H groups in total. The van der Waals surface area contributed by atoms with Crippen molar-refractivity contribution in [1.29, 1.82) is 0 Å². The van der Waals surface area contributed by atoms with Crippen LogP contribution in [0.4, 0.5) is 0 Å². The van der Waals surface area contributed by atoms with E-state index in [0.717, 1.165) is 63.2 Å². The van der Waals surface area contributed by atoms with Gasteiger partial charge in [0, 0.05) is 30.7 Å². The molecule has 0 atom stereocenters. The molecule has 2 fully saturated rings. The summed E-state index contributed by atoms with van der Waals surface area (Å²) in [7, 11) is 0. The third-order valence-electron chi connectivity index (χ3n) is 5.19. The fraction of sp³-hybridized carbons (Fsp3) is 0.611. The molecule has 1 heterocycles. The summed E-state index contributed by atoms with van der Waals surface area (Å²) in [5.41, 5.74) is 6.90. The molecule has 0 spiro atoms. The zero-order valence-electron chi connectivity index (χ0n) is 14.4. The summed E-state index contributed by atoms with van der Waals surface area (Å²) in [6.07, 6.45) is 5.79. The van der Waals surface area contributed by atoms with Gasteiger partial charge < -0.3 is 11.1 Å². The minimum Gasteiger partial charge on any atom is -0.352 e. The maximum Gasteiger partial charge on any atom is 0.240 e. The Morgan fingerprint density at radius 2 is 1.72 bits per heavy atom. The van der Waals surface area contributed by atoms with Crippen LogP contribution in [-0.4, -0.2) is 35.5 Å². The minimum absolute atomic E-state index is 0. The fourth-order valence-electron chi connectivity index (χ4n) is 3.65. The van der Waals surface area contributed by atoms with Gasteiger partial charge in [0.05, 0.1) is 5.54 Å². The lowest BCUT2D eigenvalue weighted by atomic mass is 9.96. The molecule has 0 radical (unpaired) electrons. The van der Waals surface area contributed by atoms with Crippen molar-refractivity contribution in [3.63, 3.8) is 0 Å².